The second kappa shape index (κ2) is 13.9. The maximum Gasteiger partial charge on any atom is 0.338 e. The fourth-order valence-corrected chi connectivity index (χ4v) is 5.19. The van der Waals surface area contributed by atoms with E-state index in [9.17, 15) is 14.4 Å². The Morgan fingerprint density at radius 1 is 0.841 bits per heavy atom. The standard InChI is InChI=1S/C36H36N4O4/c1-4-44-36(43)27-15-20-30-31(24-27)38-35(42)33(30)34(26-13-9-6-10-14-26)37-28-16-18-29(19-17-28)40(22-21-39(2)3)32(41)23-25-11-7-5-8-12-25/h5-20,24,33H,4,21-23H2,1-3H3,(H,38,42). The molecule has 1 unspecified atom stereocenters. The molecule has 0 spiro atoms. The molecule has 0 aliphatic carbocycles. The van der Waals surface area contributed by atoms with Crippen LogP contribution in [0.5, 0.6) is 0 Å². The van der Waals surface area contributed by atoms with Gasteiger partial charge in [0.15, 0.2) is 0 Å². The van der Waals surface area contributed by atoms with Gasteiger partial charge < -0.3 is 19.9 Å². The summed E-state index contributed by atoms with van der Waals surface area (Å²) in [5.74, 6) is -1.32. The number of hydrogen-bond donors (Lipinski definition) is 1. The Morgan fingerprint density at radius 2 is 1.52 bits per heavy atom. The van der Waals surface area contributed by atoms with Gasteiger partial charge >= 0.3 is 5.97 Å². The number of ether oxygens (including phenoxy) is 1. The Bertz CT molecular complexity index is 1650. The van der Waals surface area contributed by atoms with Crippen LogP contribution in [0.2, 0.25) is 0 Å². The molecule has 4 aromatic rings. The summed E-state index contributed by atoms with van der Waals surface area (Å²) in [7, 11) is 3.97. The van der Waals surface area contributed by atoms with Crippen LogP contribution < -0.4 is 10.2 Å². The van der Waals surface area contributed by atoms with Gasteiger partial charge in [-0.15, -0.1) is 0 Å². The largest absolute Gasteiger partial charge is 0.462 e. The highest BCUT2D eigenvalue weighted by Gasteiger charge is 2.36. The van der Waals surface area contributed by atoms with Gasteiger partial charge in [0.2, 0.25) is 11.8 Å². The third-order valence-corrected chi connectivity index (χ3v) is 7.42. The van der Waals surface area contributed by atoms with E-state index in [2.05, 4.69) is 5.32 Å². The lowest BCUT2D eigenvalue weighted by molar-refractivity contribution is -0.118. The van der Waals surface area contributed by atoms with Crippen molar-refractivity contribution in [2.75, 3.05) is 44.0 Å². The van der Waals surface area contributed by atoms with Gasteiger partial charge in [-0.25, -0.2) is 4.79 Å². The number of benzene rings is 4. The van der Waals surface area contributed by atoms with Crippen LogP contribution in [0.3, 0.4) is 0 Å². The van der Waals surface area contributed by atoms with Gasteiger partial charge in [-0.1, -0.05) is 66.7 Å². The highest BCUT2D eigenvalue weighted by Crippen LogP contribution is 2.37. The number of likely N-dealkylation sites (N-methyl/N-ethyl adjacent to an activating group) is 1. The molecule has 44 heavy (non-hydrogen) atoms. The van der Waals surface area contributed by atoms with Gasteiger partial charge in [0.1, 0.15) is 5.92 Å². The van der Waals surface area contributed by atoms with Crippen LogP contribution in [0, 0.1) is 0 Å². The van der Waals surface area contributed by atoms with E-state index in [0.29, 0.717) is 42.2 Å². The summed E-state index contributed by atoms with van der Waals surface area (Å²) in [5.41, 5.74) is 5.48. The summed E-state index contributed by atoms with van der Waals surface area (Å²) in [4.78, 5) is 47.9. The van der Waals surface area contributed by atoms with Gasteiger partial charge in [0.25, 0.3) is 0 Å². The monoisotopic (exact) mass is 588 g/mol. The van der Waals surface area contributed by atoms with Crippen molar-refractivity contribution < 1.29 is 19.1 Å². The summed E-state index contributed by atoms with van der Waals surface area (Å²) in [6, 6.07) is 32.0. The van der Waals surface area contributed by atoms with Gasteiger partial charge in [-0.05, 0) is 74.1 Å². The van der Waals surface area contributed by atoms with E-state index in [4.69, 9.17) is 9.73 Å². The molecule has 1 aliphatic heterocycles. The second-order valence-corrected chi connectivity index (χ2v) is 10.8. The van der Waals surface area contributed by atoms with Gasteiger partial charge in [-0.3, -0.25) is 14.6 Å². The van der Waals surface area contributed by atoms with Crippen molar-refractivity contribution in [2.45, 2.75) is 19.3 Å². The van der Waals surface area contributed by atoms with E-state index in [0.717, 1.165) is 22.4 Å². The van der Waals surface area contributed by atoms with Crippen LogP contribution in [0.4, 0.5) is 17.1 Å². The van der Waals surface area contributed by atoms with E-state index >= 15 is 0 Å². The van der Waals surface area contributed by atoms with E-state index in [1.54, 1.807) is 30.0 Å². The van der Waals surface area contributed by atoms with Crippen molar-refractivity contribution in [3.8, 4) is 0 Å². The van der Waals surface area contributed by atoms with E-state index in [1.165, 1.54) is 0 Å². The number of aliphatic imine (C=N–C) groups is 1. The maximum atomic E-state index is 13.4. The number of amides is 2. The summed E-state index contributed by atoms with van der Waals surface area (Å²) in [6.07, 6.45) is 0.306. The molecule has 0 aromatic heterocycles. The minimum absolute atomic E-state index is 0.0145. The van der Waals surface area contributed by atoms with Crippen molar-refractivity contribution in [3.05, 3.63) is 125 Å². The maximum absolute atomic E-state index is 13.4. The average Bonchev–Trinajstić information content (AvgIpc) is 3.36. The number of carbonyl (C=O) groups excluding carboxylic acids is 3. The Balaban J connectivity index is 1.47. The fourth-order valence-electron chi connectivity index (χ4n) is 5.19. The molecule has 2 amide bonds. The number of nitrogens with one attached hydrogen (secondary N) is 1. The first-order chi connectivity index (χ1) is 21.3. The first kappa shape index (κ1) is 30.4. The third-order valence-electron chi connectivity index (χ3n) is 7.42. The minimum atomic E-state index is -0.674. The summed E-state index contributed by atoms with van der Waals surface area (Å²) >= 11 is 0. The molecule has 8 nitrogen and oxygen atoms in total. The molecule has 0 radical (unpaired) electrons. The average molecular weight is 589 g/mol. The number of anilines is 2. The normalized spacial score (nSPS) is 14.2. The molecule has 1 atom stereocenters. The van der Waals surface area contributed by atoms with Gasteiger partial charge in [-0.2, -0.15) is 0 Å². The molecule has 224 valence electrons. The number of carbonyl (C=O) groups is 3. The van der Waals surface area contributed by atoms with Crippen molar-refractivity contribution in [2.24, 2.45) is 4.99 Å². The lowest BCUT2D eigenvalue weighted by Crippen LogP contribution is -2.37. The molecular formula is C36H36N4O4. The number of rotatable bonds is 11. The minimum Gasteiger partial charge on any atom is -0.462 e. The number of fused-ring (bicyclic) bond motifs is 1. The first-order valence-electron chi connectivity index (χ1n) is 14.7. The van der Waals surface area contributed by atoms with E-state index in [1.807, 2.05) is 104 Å². The van der Waals surface area contributed by atoms with Crippen LogP contribution in [-0.4, -0.2) is 62.2 Å². The van der Waals surface area contributed by atoms with Crippen molar-refractivity contribution in [1.29, 1.82) is 0 Å². The third kappa shape index (κ3) is 7.10. The van der Waals surface area contributed by atoms with Crippen molar-refractivity contribution in [3.63, 3.8) is 0 Å². The Morgan fingerprint density at radius 3 is 2.18 bits per heavy atom. The summed E-state index contributed by atoms with van der Waals surface area (Å²) < 4.78 is 5.13. The summed E-state index contributed by atoms with van der Waals surface area (Å²) in [6.45, 7) is 3.28. The topological polar surface area (TPSA) is 91.3 Å². The predicted octanol–water partition coefficient (Wildman–Crippen LogP) is 5.86. The van der Waals surface area contributed by atoms with Crippen LogP contribution in [0.1, 0.15) is 39.9 Å². The Kier molecular flexibility index (Phi) is 9.62. The predicted molar refractivity (Wildman–Crippen MR) is 174 cm³/mol. The van der Waals surface area contributed by atoms with Crippen molar-refractivity contribution in [1.82, 2.24) is 4.90 Å². The molecule has 0 saturated heterocycles. The molecule has 0 fully saturated rings. The highest BCUT2D eigenvalue weighted by atomic mass is 16.5. The molecule has 8 heteroatoms. The number of hydrogen-bond acceptors (Lipinski definition) is 6. The van der Waals surface area contributed by atoms with Crippen LogP contribution >= 0.6 is 0 Å². The molecule has 1 N–H and O–H groups in total. The molecule has 4 aromatic carbocycles. The Labute approximate surface area is 258 Å². The Hall–Kier alpha value is -5.08. The summed E-state index contributed by atoms with van der Waals surface area (Å²) in [5, 5.41) is 2.92. The lowest BCUT2D eigenvalue weighted by atomic mass is 9.90. The molecule has 1 heterocycles. The molecular weight excluding hydrogens is 552 g/mol. The molecule has 0 bridgehead atoms. The fraction of sp³-hybridized carbons (Fsp3) is 0.222. The second-order valence-electron chi connectivity index (χ2n) is 10.8. The van der Waals surface area contributed by atoms with Crippen LogP contribution in [0.15, 0.2) is 108 Å². The zero-order valence-electron chi connectivity index (χ0n) is 25.2. The quantitative estimate of drug-likeness (QED) is 0.175. The zero-order valence-corrected chi connectivity index (χ0v) is 25.2. The molecule has 0 saturated carbocycles. The van der Waals surface area contributed by atoms with E-state index in [-0.39, 0.29) is 18.4 Å². The van der Waals surface area contributed by atoms with E-state index < -0.39 is 11.9 Å². The van der Waals surface area contributed by atoms with Gasteiger partial charge in [0, 0.05) is 24.5 Å². The number of esters is 1. The zero-order chi connectivity index (χ0) is 31.1. The molecule has 5 rings (SSSR count). The van der Waals surface area contributed by atoms with Gasteiger partial charge in [0.05, 0.1) is 30.0 Å². The SMILES string of the molecule is CCOC(=O)c1ccc2c(c1)NC(=O)C2C(=Nc1ccc(N(CCN(C)C)C(=O)Cc2ccccc2)cc1)c1ccccc1. The first-order valence-corrected chi connectivity index (χ1v) is 14.7. The molecule has 1 aliphatic rings. The smallest absolute Gasteiger partial charge is 0.338 e. The van der Waals surface area contributed by atoms with Crippen LogP contribution in [-0.2, 0) is 20.7 Å². The van der Waals surface area contributed by atoms with Crippen LogP contribution in [0.25, 0.3) is 0 Å². The number of nitrogens with zero attached hydrogens (tertiary/aromatic N) is 3. The highest BCUT2D eigenvalue weighted by molar-refractivity contribution is 6.24. The van der Waals surface area contributed by atoms with Crippen molar-refractivity contribution >= 4 is 40.6 Å². The lowest BCUT2D eigenvalue weighted by Gasteiger charge is -2.25.